The van der Waals surface area contributed by atoms with Crippen LogP contribution in [0.4, 0.5) is 5.69 Å². The number of benzene rings is 1. The van der Waals surface area contributed by atoms with Crippen molar-refractivity contribution in [2.75, 3.05) is 6.54 Å². The predicted molar refractivity (Wildman–Crippen MR) is 102 cm³/mol. The van der Waals surface area contributed by atoms with Crippen molar-refractivity contribution in [3.8, 4) is 0 Å². The summed E-state index contributed by atoms with van der Waals surface area (Å²) in [6.45, 7) is 1.50. The lowest BCUT2D eigenvalue weighted by Gasteiger charge is -2.27. The van der Waals surface area contributed by atoms with Crippen LogP contribution in [0.15, 0.2) is 52.5 Å². The van der Waals surface area contributed by atoms with Gasteiger partial charge in [-0.05, 0) is 41.3 Å². The van der Waals surface area contributed by atoms with Gasteiger partial charge in [0.2, 0.25) is 0 Å². The van der Waals surface area contributed by atoms with Crippen molar-refractivity contribution >= 4 is 34.3 Å². The monoisotopic (exact) mass is 388 g/mol. The van der Waals surface area contributed by atoms with Gasteiger partial charge in [0.25, 0.3) is 11.6 Å². The molecule has 0 fully saturated rings. The third-order valence-corrected chi connectivity index (χ3v) is 5.88. The summed E-state index contributed by atoms with van der Waals surface area (Å²) in [5.41, 5.74) is -0.244. The van der Waals surface area contributed by atoms with Gasteiger partial charge in [-0.1, -0.05) is 12.1 Å². The van der Waals surface area contributed by atoms with Crippen LogP contribution in [0.1, 0.15) is 26.4 Å². The smallest absolute Gasteiger partial charge is 0.273 e. The number of carbonyl (C=O) groups excluding carboxylic acids is 1. The molecule has 0 bridgehead atoms. The summed E-state index contributed by atoms with van der Waals surface area (Å²) in [6.07, 6.45) is 0. The van der Waals surface area contributed by atoms with Crippen LogP contribution in [0, 0.1) is 17.0 Å². The SMILES string of the molecule is Cc1c(C(=O)NCC(O)(c2ccsc2)c2cccs2)cccc1[N+](=O)[O-]. The van der Waals surface area contributed by atoms with Gasteiger partial charge in [0, 0.05) is 27.6 Å². The van der Waals surface area contributed by atoms with Crippen LogP contribution in [0.3, 0.4) is 0 Å². The highest BCUT2D eigenvalue weighted by Gasteiger charge is 2.34. The maximum absolute atomic E-state index is 12.6. The number of rotatable bonds is 6. The molecule has 0 radical (unpaired) electrons. The molecule has 0 saturated heterocycles. The van der Waals surface area contributed by atoms with Crippen LogP contribution in [0.2, 0.25) is 0 Å². The number of nitrogens with one attached hydrogen (secondary N) is 1. The molecule has 1 amide bonds. The summed E-state index contributed by atoms with van der Waals surface area (Å²) in [6, 6.07) is 9.84. The van der Waals surface area contributed by atoms with Gasteiger partial charge >= 0.3 is 0 Å². The highest BCUT2D eigenvalue weighted by molar-refractivity contribution is 7.10. The molecule has 8 heteroatoms. The standard InChI is InChI=1S/C18H16N2O4S2/c1-12-14(4-2-5-15(12)20(23)24)17(21)19-11-18(22,13-7-9-25-10-13)16-6-3-8-26-16/h2-10,22H,11H2,1H3,(H,19,21). The van der Waals surface area contributed by atoms with Gasteiger partial charge in [-0.15, -0.1) is 11.3 Å². The average Bonchev–Trinajstić information content (AvgIpc) is 3.32. The van der Waals surface area contributed by atoms with Gasteiger partial charge in [-0.2, -0.15) is 11.3 Å². The minimum atomic E-state index is -1.35. The molecule has 134 valence electrons. The third-order valence-electron chi connectivity index (χ3n) is 4.18. The Bertz CT molecular complexity index is 887. The molecule has 1 atom stereocenters. The summed E-state index contributed by atoms with van der Waals surface area (Å²) >= 11 is 2.86. The molecule has 3 aromatic rings. The second kappa shape index (κ2) is 7.36. The van der Waals surface area contributed by atoms with Gasteiger partial charge in [0.15, 0.2) is 0 Å². The topological polar surface area (TPSA) is 92.5 Å². The average molecular weight is 388 g/mol. The van der Waals surface area contributed by atoms with E-state index in [0.29, 0.717) is 16.0 Å². The summed E-state index contributed by atoms with van der Waals surface area (Å²) < 4.78 is 0. The van der Waals surface area contributed by atoms with Crippen molar-refractivity contribution < 1.29 is 14.8 Å². The molecule has 6 nitrogen and oxygen atoms in total. The molecule has 3 rings (SSSR count). The normalized spacial score (nSPS) is 13.2. The number of thiophene rings is 2. The number of aliphatic hydroxyl groups is 1. The molecule has 0 aliphatic heterocycles. The van der Waals surface area contributed by atoms with Crippen LogP contribution in [0.25, 0.3) is 0 Å². The largest absolute Gasteiger partial charge is 0.378 e. The maximum atomic E-state index is 12.6. The first kappa shape index (κ1) is 18.2. The second-order valence-corrected chi connectivity index (χ2v) is 7.47. The number of nitro groups is 1. The van der Waals surface area contributed by atoms with Crippen LogP contribution >= 0.6 is 22.7 Å². The Morgan fingerprint density at radius 1 is 1.27 bits per heavy atom. The lowest BCUT2D eigenvalue weighted by molar-refractivity contribution is -0.385. The van der Waals surface area contributed by atoms with E-state index in [1.165, 1.54) is 47.8 Å². The minimum Gasteiger partial charge on any atom is -0.378 e. The third kappa shape index (κ3) is 3.39. The van der Waals surface area contributed by atoms with E-state index in [0.717, 1.165) is 0 Å². The molecular weight excluding hydrogens is 372 g/mol. The number of hydrogen-bond donors (Lipinski definition) is 2. The second-order valence-electron chi connectivity index (χ2n) is 5.74. The zero-order chi connectivity index (χ0) is 18.7. The zero-order valence-electron chi connectivity index (χ0n) is 13.8. The van der Waals surface area contributed by atoms with E-state index in [-0.39, 0.29) is 17.8 Å². The lowest BCUT2D eigenvalue weighted by Crippen LogP contribution is -2.41. The summed E-state index contributed by atoms with van der Waals surface area (Å²) in [5, 5.41) is 30.6. The maximum Gasteiger partial charge on any atom is 0.273 e. The Morgan fingerprint density at radius 2 is 2.08 bits per heavy atom. The fourth-order valence-corrected chi connectivity index (χ4v) is 4.29. The van der Waals surface area contributed by atoms with Crippen molar-refractivity contribution in [3.05, 3.63) is 84.2 Å². The summed E-state index contributed by atoms with van der Waals surface area (Å²) in [5.74, 6) is -0.462. The first-order chi connectivity index (χ1) is 12.4. The molecule has 0 aliphatic carbocycles. The zero-order valence-corrected chi connectivity index (χ0v) is 15.5. The van der Waals surface area contributed by atoms with E-state index in [4.69, 9.17) is 0 Å². The Morgan fingerprint density at radius 3 is 2.69 bits per heavy atom. The molecular formula is C18H16N2O4S2. The minimum absolute atomic E-state index is 0.0365. The highest BCUT2D eigenvalue weighted by Crippen LogP contribution is 2.33. The lowest BCUT2D eigenvalue weighted by atomic mass is 9.94. The van der Waals surface area contributed by atoms with Crippen molar-refractivity contribution in [1.29, 1.82) is 0 Å². The number of nitro benzene ring substituents is 1. The molecule has 2 N–H and O–H groups in total. The van der Waals surface area contributed by atoms with Gasteiger partial charge in [0.05, 0.1) is 11.5 Å². The van der Waals surface area contributed by atoms with Crippen LogP contribution < -0.4 is 5.32 Å². The molecule has 0 aliphatic rings. The van der Waals surface area contributed by atoms with Crippen LogP contribution in [-0.2, 0) is 5.60 Å². The molecule has 26 heavy (non-hydrogen) atoms. The van der Waals surface area contributed by atoms with E-state index >= 15 is 0 Å². The van der Waals surface area contributed by atoms with Crippen molar-refractivity contribution in [2.24, 2.45) is 0 Å². The first-order valence-corrected chi connectivity index (χ1v) is 9.57. The highest BCUT2D eigenvalue weighted by atomic mass is 32.1. The van der Waals surface area contributed by atoms with E-state index in [1.54, 1.807) is 0 Å². The van der Waals surface area contributed by atoms with E-state index < -0.39 is 16.4 Å². The summed E-state index contributed by atoms with van der Waals surface area (Å²) in [7, 11) is 0. The summed E-state index contributed by atoms with van der Waals surface area (Å²) in [4.78, 5) is 23.8. The van der Waals surface area contributed by atoms with E-state index in [9.17, 15) is 20.0 Å². The predicted octanol–water partition coefficient (Wildman–Crippen LogP) is 3.69. The van der Waals surface area contributed by atoms with Gasteiger partial charge in [-0.3, -0.25) is 14.9 Å². The Kier molecular flexibility index (Phi) is 5.17. The van der Waals surface area contributed by atoms with Crippen molar-refractivity contribution in [2.45, 2.75) is 12.5 Å². The van der Waals surface area contributed by atoms with Gasteiger partial charge in [-0.25, -0.2) is 0 Å². The Labute approximate surface area is 157 Å². The number of nitrogens with zero attached hydrogens (tertiary/aromatic N) is 1. The molecule has 2 aromatic heterocycles. The molecule has 0 saturated carbocycles. The Balaban J connectivity index is 1.86. The Hall–Kier alpha value is -2.55. The fourth-order valence-electron chi connectivity index (χ4n) is 2.72. The van der Waals surface area contributed by atoms with Crippen LogP contribution in [0.5, 0.6) is 0 Å². The van der Waals surface area contributed by atoms with E-state index in [2.05, 4.69) is 5.32 Å². The van der Waals surface area contributed by atoms with Crippen molar-refractivity contribution in [1.82, 2.24) is 5.32 Å². The van der Waals surface area contributed by atoms with E-state index in [1.807, 2.05) is 34.3 Å². The number of amides is 1. The number of hydrogen-bond acceptors (Lipinski definition) is 6. The molecule has 0 spiro atoms. The molecule has 2 heterocycles. The first-order valence-electron chi connectivity index (χ1n) is 7.74. The fraction of sp³-hybridized carbons (Fsp3) is 0.167. The van der Waals surface area contributed by atoms with Gasteiger partial charge < -0.3 is 10.4 Å². The quantitative estimate of drug-likeness (QED) is 0.497. The molecule has 1 aromatic carbocycles. The number of carbonyl (C=O) groups is 1. The van der Waals surface area contributed by atoms with Crippen molar-refractivity contribution in [3.63, 3.8) is 0 Å². The molecule has 1 unspecified atom stereocenters. The van der Waals surface area contributed by atoms with Gasteiger partial charge in [0.1, 0.15) is 5.60 Å². The van der Waals surface area contributed by atoms with Crippen LogP contribution in [-0.4, -0.2) is 22.5 Å².